The van der Waals surface area contributed by atoms with Gasteiger partial charge in [-0.2, -0.15) is 0 Å². The van der Waals surface area contributed by atoms with Crippen molar-refractivity contribution in [3.8, 4) is 11.3 Å². The van der Waals surface area contributed by atoms with Crippen LogP contribution in [0.5, 0.6) is 0 Å². The molecule has 0 saturated heterocycles. The second-order valence-electron chi connectivity index (χ2n) is 7.24. The van der Waals surface area contributed by atoms with E-state index in [-0.39, 0.29) is 11.7 Å². The van der Waals surface area contributed by atoms with Gasteiger partial charge in [-0.05, 0) is 48.2 Å². The average molecular weight is 423 g/mol. The van der Waals surface area contributed by atoms with Crippen LogP contribution in [0.15, 0.2) is 59.0 Å². The summed E-state index contributed by atoms with van der Waals surface area (Å²) in [5.41, 5.74) is 10.2. The summed E-state index contributed by atoms with van der Waals surface area (Å²) < 4.78 is 5.97. The number of Topliss-reactive ketones (excluding diaryl/α,β-unsaturated/α-hetero) is 1. The second kappa shape index (κ2) is 6.90. The number of fused-ring (bicyclic) bond motifs is 2. The Bertz CT molecular complexity index is 1260. The fourth-order valence-electron chi connectivity index (χ4n) is 3.98. The molecule has 6 heteroatoms. The van der Waals surface area contributed by atoms with Crippen LogP contribution in [0.25, 0.3) is 22.4 Å². The van der Waals surface area contributed by atoms with Crippen LogP contribution in [0.2, 0.25) is 10.0 Å². The van der Waals surface area contributed by atoms with E-state index in [0.29, 0.717) is 56.7 Å². The maximum Gasteiger partial charge on any atom is 0.229 e. The molecule has 1 aliphatic carbocycles. The molecule has 1 aliphatic rings. The van der Waals surface area contributed by atoms with Gasteiger partial charge in [-0.15, -0.1) is 0 Å². The lowest BCUT2D eigenvalue weighted by Gasteiger charge is -2.24. The van der Waals surface area contributed by atoms with Crippen LogP contribution in [0.4, 0.5) is 5.69 Å². The zero-order valence-electron chi connectivity index (χ0n) is 15.3. The van der Waals surface area contributed by atoms with Crippen LogP contribution < -0.4 is 5.73 Å². The summed E-state index contributed by atoms with van der Waals surface area (Å²) >= 11 is 12.3. The number of nitrogen functional groups attached to an aromatic ring is 1. The Morgan fingerprint density at radius 2 is 1.79 bits per heavy atom. The minimum Gasteiger partial charge on any atom is -0.438 e. The van der Waals surface area contributed by atoms with Crippen LogP contribution in [-0.4, -0.2) is 10.8 Å². The van der Waals surface area contributed by atoms with Crippen molar-refractivity contribution in [3.05, 3.63) is 81.5 Å². The van der Waals surface area contributed by atoms with E-state index in [1.807, 2.05) is 42.5 Å². The van der Waals surface area contributed by atoms with Crippen molar-refractivity contribution in [1.82, 2.24) is 4.98 Å². The van der Waals surface area contributed by atoms with E-state index in [1.165, 1.54) is 0 Å². The highest BCUT2D eigenvalue weighted by atomic mass is 35.5. The molecule has 4 aromatic rings. The minimum absolute atomic E-state index is 0.00130. The Morgan fingerprint density at radius 3 is 2.55 bits per heavy atom. The number of nitrogens with zero attached hydrogens (tertiary/aromatic N) is 1. The highest BCUT2D eigenvalue weighted by molar-refractivity contribution is 6.33. The molecule has 0 saturated carbocycles. The smallest absolute Gasteiger partial charge is 0.229 e. The molecule has 2 N–H and O–H groups in total. The van der Waals surface area contributed by atoms with E-state index in [1.54, 1.807) is 12.1 Å². The third-order valence-corrected chi connectivity index (χ3v) is 6.01. The van der Waals surface area contributed by atoms with Gasteiger partial charge < -0.3 is 10.2 Å². The first-order valence-corrected chi connectivity index (χ1v) is 10.0. The van der Waals surface area contributed by atoms with Crippen LogP contribution in [-0.2, 0) is 6.42 Å². The summed E-state index contributed by atoms with van der Waals surface area (Å²) in [6, 6.07) is 16.8. The molecule has 1 unspecified atom stereocenters. The van der Waals surface area contributed by atoms with E-state index >= 15 is 0 Å². The summed E-state index contributed by atoms with van der Waals surface area (Å²) in [6.07, 6.45) is 1.01. The number of halogens is 2. The lowest BCUT2D eigenvalue weighted by atomic mass is 9.81. The molecule has 0 amide bonds. The number of ketones is 1. The molecule has 4 nitrogen and oxygen atoms in total. The zero-order valence-corrected chi connectivity index (χ0v) is 16.8. The minimum atomic E-state index is -0.00130. The molecule has 2 heterocycles. The van der Waals surface area contributed by atoms with Crippen molar-refractivity contribution in [2.45, 2.75) is 18.8 Å². The quantitative estimate of drug-likeness (QED) is 0.411. The van der Waals surface area contributed by atoms with Crippen LogP contribution in [0.1, 0.15) is 34.0 Å². The van der Waals surface area contributed by atoms with Crippen molar-refractivity contribution in [1.29, 1.82) is 0 Å². The van der Waals surface area contributed by atoms with Crippen LogP contribution >= 0.6 is 23.2 Å². The Kier molecular flexibility index (Phi) is 4.34. The fourth-order valence-corrected chi connectivity index (χ4v) is 4.34. The van der Waals surface area contributed by atoms with Crippen LogP contribution in [0.3, 0.4) is 0 Å². The van der Waals surface area contributed by atoms with Gasteiger partial charge in [0.2, 0.25) is 5.71 Å². The van der Waals surface area contributed by atoms with Gasteiger partial charge in [0.05, 0.1) is 27.4 Å². The summed E-state index contributed by atoms with van der Waals surface area (Å²) in [5, 5.41) is 1.88. The Labute approximate surface area is 177 Å². The van der Waals surface area contributed by atoms with Gasteiger partial charge >= 0.3 is 0 Å². The first-order valence-electron chi connectivity index (χ1n) is 9.26. The van der Waals surface area contributed by atoms with E-state index in [0.717, 1.165) is 11.1 Å². The highest BCUT2D eigenvalue weighted by Gasteiger charge is 2.31. The zero-order chi connectivity index (χ0) is 20.1. The molecule has 1 atom stereocenters. The topological polar surface area (TPSA) is 69.1 Å². The molecular weight excluding hydrogens is 407 g/mol. The second-order valence-corrected chi connectivity index (χ2v) is 8.08. The summed E-state index contributed by atoms with van der Waals surface area (Å²) in [4.78, 5) is 17.6. The molecular formula is C23H16Cl2N2O2. The number of nitrogens with two attached hydrogens (primary N) is 1. The Morgan fingerprint density at radius 1 is 1.03 bits per heavy atom. The number of hydrogen-bond donors (Lipinski definition) is 1. The molecule has 29 heavy (non-hydrogen) atoms. The maximum atomic E-state index is 12.9. The normalized spacial score (nSPS) is 16.2. The molecule has 2 aromatic carbocycles. The molecule has 0 radical (unpaired) electrons. The predicted octanol–water partition coefficient (Wildman–Crippen LogP) is 6.30. The lowest BCUT2D eigenvalue weighted by molar-refractivity contribution is 0.0964. The number of pyridine rings is 1. The number of carbonyl (C=O) groups excluding carboxylic acids is 1. The van der Waals surface area contributed by atoms with Gasteiger partial charge in [0.1, 0.15) is 5.76 Å². The lowest BCUT2D eigenvalue weighted by Crippen LogP contribution is -2.21. The van der Waals surface area contributed by atoms with E-state index in [4.69, 9.17) is 33.4 Å². The fraction of sp³-hybridized carbons (Fsp3) is 0.130. The van der Waals surface area contributed by atoms with Crippen molar-refractivity contribution in [2.75, 3.05) is 5.73 Å². The number of rotatable bonds is 2. The monoisotopic (exact) mass is 422 g/mol. The molecule has 0 fully saturated rings. The molecule has 0 spiro atoms. The number of anilines is 1. The predicted molar refractivity (Wildman–Crippen MR) is 116 cm³/mol. The highest BCUT2D eigenvalue weighted by Crippen LogP contribution is 2.40. The first kappa shape index (κ1) is 18.2. The van der Waals surface area contributed by atoms with Crippen molar-refractivity contribution in [3.63, 3.8) is 0 Å². The standard InChI is InChI=1S/C23H16Cl2N2O2/c24-14-7-5-12(6-8-14)13-9-18-21(19(28)10-13)22(26)16-11-20(29-23(16)27-18)15-3-1-2-4-17(15)25/h1-8,11,13H,9-10H2,(H2,26,27). The Hall–Kier alpha value is -2.82. The maximum absolute atomic E-state index is 12.9. The summed E-state index contributed by atoms with van der Waals surface area (Å²) in [7, 11) is 0. The number of furan rings is 1. The number of hydrogen-bond acceptors (Lipinski definition) is 4. The van der Waals surface area contributed by atoms with E-state index in [2.05, 4.69) is 4.98 Å². The van der Waals surface area contributed by atoms with Crippen molar-refractivity contribution in [2.24, 2.45) is 0 Å². The van der Waals surface area contributed by atoms with Crippen molar-refractivity contribution >= 4 is 45.8 Å². The van der Waals surface area contributed by atoms with Crippen LogP contribution in [0, 0.1) is 0 Å². The number of aromatic nitrogens is 1. The molecule has 144 valence electrons. The first-order chi connectivity index (χ1) is 14.0. The van der Waals surface area contributed by atoms with Gasteiger partial charge in [-0.25, -0.2) is 4.98 Å². The van der Waals surface area contributed by atoms with E-state index < -0.39 is 0 Å². The number of carbonyl (C=O) groups is 1. The van der Waals surface area contributed by atoms with E-state index in [9.17, 15) is 4.79 Å². The average Bonchev–Trinajstić information content (AvgIpc) is 3.12. The van der Waals surface area contributed by atoms with Gasteiger partial charge in [0.15, 0.2) is 5.78 Å². The number of benzene rings is 2. The summed E-state index contributed by atoms with van der Waals surface area (Å²) in [5.74, 6) is 0.613. The molecule has 5 rings (SSSR count). The largest absolute Gasteiger partial charge is 0.438 e. The summed E-state index contributed by atoms with van der Waals surface area (Å²) in [6.45, 7) is 0. The molecule has 2 aromatic heterocycles. The molecule has 0 aliphatic heterocycles. The van der Waals surface area contributed by atoms with Gasteiger partial charge in [-0.1, -0.05) is 47.5 Å². The van der Waals surface area contributed by atoms with Crippen molar-refractivity contribution < 1.29 is 9.21 Å². The van der Waals surface area contributed by atoms with Gasteiger partial charge in [0.25, 0.3) is 0 Å². The third kappa shape index (κ3) is 3.09. The molecule has 0 bridgehead atoms. The Balaban J connectivity index is 1.61. The SMILES string of the molecule is Nc1c2c(nc3oc(-c4ccccc4Cl)cc13)CC(c1ccc(Cl)cc1)CC2=O. The third-order valence-electron chi connectivity index (χ3n) is 5.43. The van der Waals surface area contributed by atoms with Gasteiger partial charge in [0, 0.05) is 17.0 Å². The van der Waals surface area contributed by atoms with Gasteiger partial charge in [-0.3, -0.25) is 4.79 Å².